The molecule has 0 bridgehead atoms. The van der Waals surface area contributed by atoms with Crippen LogP contribution in [0.1, 0.15) is 45.1 Å². The Morgan fingerprint density at radius 1 is 1.18 bits per heavy atom. The summed E-state index contributed by atoms with van der Waals surface area (Å²) in [5, 5.41) is 2.83. The molecule has 7 heteroatoms. The van der Waals surface area contributed by atoms with Crippen LogP contribution in [0.3, 0.4) is 0 Å². The molecule has 3 heterocycles. The summed E-state index contributed by atoms with van der Waals surface area (Å²) in [6.45, 7) is 8.28. The molecular formula is C21H33N5O2. The van der Waals surface area contributed by atoms with E-state index < -0.39 is 11.4 Å². The number of primary amides is 1. The van der Waals surface area contributed by atoms with E-state index in [-0.39, 0.29) is 11.8 Å². The molecule has 7 nitrogen and oxygen atoms in total. The van der Waals surface area contributed by atoms with Gasteiger partial charge in [0.15, 0.2) is 0 Å². The Kier molecular flexibility index (Phi) is 6.67. The molecule has 0 aromatic carbocycles. The molecule has 0 aliphatic carbocycles. The van der Waals surface area contributed by atoms with E-state index in [1.54, 1.807) is 13.8 Å². The van der Waals surface area contributed by atoms with Crippen molar-refractivity contribution in [3.05, 3.63) is 30.1 Å². The Balaban J connectivity index is 1.48. The third-order valence-corrected chi connectivity index (χ3v) is 6.10. The summed E-state index contributed by atoms with van der Waals surface area (Å²) < 4.78 is 0. The number of likely N-dealkylation sites (tertiary alicyclic amines) is 2. The predicted octanol–water partition coefficient (Wildman–Crippen LogP) is 1.14. The Bertz CT molecular complexity index is 671. The first kappa shape index (κ1) is 20.7. The lowest BCUT2D eigenvalue weighted by Gasteiger charge is -2.42. The molecule has 2 saturated heterocycles. The van der Waals surface area contributed by atoms with E-state index in [1.807, 2.05) is 12.4 Å². The molecule has 2 aliphatic rings. The fraction of sp³-hybridized carbons (Fsp3) is 0.667. The Hall–Kier alpha value is -1.99. The van der Waals surface area contributed by atoms with Crippen LogP contribution in [0.25, 0.3) is 0 Å². The Morgan fingerprint density at radius 3 is 2.50 bits per heavy atom. The van der Waals surface area contributed by atoms with Crippen LogP contribution >= 0.6 is 0 Å². The minimum Gasteiger partial charge on any atom is -0.368 e. The normalized spacial score (nSPS) is 22.7. The third-order valence-electron chi connectivity index (χ3n) is 6.10. The van der Waals surface area contributed by atoms with Gasteiger partial charge >= 0.3 is 0 Å². The molecule has 3 rings (SSSR count). The van der Waals surface area contributed by atoms with Gasteiger partial charge in [-0.3, -0.25) is 24.4 Å². The fourth-order valence-electron chi connectivity index (χ4n) is 4.21. The van der Waals surface area contributed by atoms with E-state index in [0.717, 1.165) is 58.4 Å². The standard InChI is InChI=1S/C21H33N5O2/c1-21(2,20(22)28)24-19(27)17-4-3-11-26(15-17)18-7-12-25(13-8-18)14-16-5-9-23-10-6-16/h5-6,9-10,17-18H,3-4,7-8,11-15H2,1-2H3,(H2,22,28)(H,24,27). The summed E-state index contributed by atoms with van der Waals surface area (Å²) in [6, 6.07) is 4.69. The minimum absolute atomic E-state index is 0.0522. The average Bonchev–Trinajstić information content (AvgIpc) is 2.69. The highest BCUT2D eigenvalue weighted by Crippen LogP contribution is 2.25. The van der Waals surface area contributed by atoms with Crippen LogP contribution in [0.2, 0.25) is 0 Å². The number of carbonyl (C=O) groups is 2. The van der Waals surface area contributed by atoms with Crippen molar-refractivity contribution in [2.75, 3.05) is 26.2 Å². The van der Waals surface area contributed by atoms with Gasteiger partial charge in [-0.2, -0.15) is 0 Å². The lowest BCUT2D eigenvalue weighted by molar-refractivity contribution is -0.134. The van der Waals surface area contributed by atoms with Crippen molar-refractivity contribution in [2.45, 2.75) is 57.7 Å². The van der Waals surface area contributed by atoms with Crippen molar-refractivity contribution in [3.8, 4) is 0 Å². The third kappa shape index (κ3) is 5.29. The fourth-order valence-corrected chi connectivity index (χ4v) is 4.21. The first-order chi connectivity index (χ1) is 13.3. The topological polar surface area (TPSA) is 91.6 Å². The number of hydrogen-bond donors (Lipinski definition) is 2. The second-order valence-electron chi connectivity index (χ2n) is 8.68. The smallest absolute Gasteiger partial charge is 0.242 e. The lowest BCUT2D eigenvalue weighted by atomic mass is 9.92. The zero-order valence-electron chi connectivity index (χ0n) is 17.1. The van der Waals surface area contributed by atoms with E-state index in [9.17, 15) is 9.59 Å². The summed E-state index contributed by atoms with van der Waals surface area (Å²) in [6.07, 6.45) is 7.85. The lowest BCUT2D eigenvalue weighted by Crippen LogP contribution is -2.57. The highest BCUT2D eigenvalue weighted by Gasteiger charge is 2.35. The zero-order valence-corrected chi connectivity index (χ0v) is 17.1. The SMILES string of the molecule is CC(C)(NC(=O)C1CCCN(C2CCN(Cc3ccncc3)CC2)C1)C(N)=O. The summed E-state index contributed by atoms with van der Waals surface area (Å²) in [5.41, 5.74) is 5.69. The van der Waals surface area contributed by atoms with Crippen molar-refractivity contribution in [1.29, 1.82) is 0 Å². The molecule has 154 valence electrons. The maximum absolute atomic E-state index is 12.6. The van der Waals surface area contributed by atoms with Crippen LogP contribution in [0.4, 0.5) is 0 Å². The number of aromatic nitrogens is 1. The van der Waals surface area contributed by atoms with Gasteiger partial charge in [0.2, 0.25) is 11.8 Å². The van der Waals surface area contributed by atoms with E-state index in [1.165, 1.54) is 5.56 Å². The van der Waals surface area contributed by atoms with Crippen molar-refractivity contribution in [2.24, 2.45) is 11.7 Å². The van der Waals surface area contributed by atoms with Gasteiger partial charge in [-0.15, -0.1) is 0 Å². The number of nitrogens with zero attached hydrogens (tertiary/aromatic N) is 3. The molecule has 0 spiro atoms. The molecule has 2 fully saturated rings. The Morgan fingerprint density at radius 2 is 1.86 bits per heavy atom. The number of amides is 2. The highest BCUT2D eigenvalue weighted by molar-refractivity contribution is 5.90. The summed E-state index contributed by atoms with van der Waals surface area (Å²) >= 11 is 0. The van der Waals surface area contributed by atoms with Gasteiger partial charge in [0, 0.05) is 31.5 Å². The van der Waals surface area contributed by atoms with Gasteiger partial charge in [0.25, 0.3) is 0 Å². The van der Waals surface area contributed by atoms with Crippen LogP contribution in [-0.2, 0) is 16.1 Å². The van der Waals surface area contributed by atoms with Gasteiger partial charge in [-0.05, 0) is 76.9 Å². The number of rotatable bonds is 6. The van der Waals surface area contributed by atoms with Gasteiger partial charge < -0.3 is 11.1 Å². The molecule has 1 unspecified atom stereocenters. The van der Waals surface area contributed by atoms with Crippen molar-refractivity contribution >= 4 is 11.8 Å². The maximum atomic E-state index is 12.6. The Labute approximate surface area is 167 Å². The monoisotopic (exact) mass is 387 g/mol. The second-order valence-corrected chi connectivity index (χ2v) is 8.68. The number of pyridine rings is 1. The molecule has 2 amide bonds. The van der Waals surface area contributed by atoms with E-state index in [4.69, 9.17) is 5.73 Å². The molecule has 3 N–H and O–H groups in total. The van der Waals surface area contributed by atoms with Crippen LogP contribution in [0.15, 0.2) is 24.5 Å². The number of piperidine rings is 2. The number of carbonyl (C=O) groups excluding carboxylic acids is 2. The second kappa shape index (κ2) is 9.01. The van der Waals surface area contributed by atoms with Gasteiger partial charge in [-0.1, -0.05) is 0 Å². The van der Waals surface area contributed by atoms with E-state index in [2.05, 4.69) is 32.2 Å². The van der Waals surface area contributed by atoms with Crippen molar-refractivity contribution in [1.82, 2.24) is 20.1 Å². The van der Waals surface area contributed by atoms with Crippen LogP contribution in [0, 0.1) is 5.92 Å². The quantitative estimate of drug-likeness (QED) is 0.764. The number of nitrogens with one attached hydrogen (secondary N) is 1. The summed E-state index contributed by atoms with van der Waals surface area (Å²) in [7, 11) is 0. The van der Waals surface area contributed by atoms with Gasteiger partial charge in [0.05, 0.1) is 5.92 Å². The van der Waals surface area contributed by atoms with Gasteiger partial charge in [0.1, 0.15) is 5.54 Å². The van der Waals surface area contributed by atoms with Gasteiger partial charge in [-0.25, -0.2) is 0 Å². The highest BCUT2D eigenvalue weighted by atomic mass is 16.2. The molecule has 0 saturated carbocycles. The first-order valence-electron chi connectivity index (χ1n) is 10.3. The van der Waals surface area contributed by atoms with Crippen LogP contribution in [-0.4, -0.2) is 64.4 Å². The number of nitrogens with two attached hydrogens (primary N) is 1. The molecule has 1 aromatic heterocycles. The molecule has 0 radical (unpaired) electrons. The molecule has 2 aliphatic heterocycles. The summed E-state index contributed by atoms with van der Waals surface area (Å²) in [5.74, 6) is -0.624. The minimum atomic E-state index is -1.00. The molecular weight excluding hydrogens is 354 g/mol. The first-order valence-corrected chi connectivity index (χ1v) is 10.3. The number of hydrogen-bond acceptors (Lipinski definition) is 5. The van der Waals surface area contributed by atoms with Crippen LogP contribution in [0.5, 0.6) is 0 Å². The maximum Gasteiger partial charge on any atom is 0.242 e. The predicted molar refractivity (Wildman–Crippen MR) is 108 cm³/mol. The average molecular weight is 388 g/mol. The summed E-state index contributed by atoms with van der Waals surface area (Å²) in [4.78, 5) is 33.2. The van der Waals surface area contributed by atoms with E-state index >= 15 is 0 Å². The zero-order chi connectivity index (χ0) is 20.1. The largest absolute Gasteiger partial charge is 0.368 e. The molecule has 28 heavy (non-hydrogen) atoms. The molecule has 1 atom stereocenters. The van der Waals surface area contributed by atoms with E-state index in [0.29, 0.717) is 6.04 Å². The van der Waals surface area contributed by atoms with Crippen molar-refractivity contribution in [3.63, 3.8) is 0 Å². The molecule has 1 aromatic rings. The van der Waals surface area contributed by atoms with Crippen LogP contribution < -0.4 is 11.1 Å². The van der Waals surface area contributed by atoms with Crippen molar-refractivity contribution < 1.29 is 9.59 Å².